The molecule has 2 aromatic carbocycles. The Kier molecular flexibility index (Phi) is 6.18. The number of anilines is 3. The van der Waals surface area contributed by atoms with Crippen LogP contribution >= 0.6 is 11.8 Å². The van der Waals surface area contributed by atoms with E-state index in [1.165, 1.54) is 12.1 Å². The molecule has 0 atom stereocenters. The first kappa shape index (κ1) is 20.9. The maximum Gasteiger partial charge on any atom is 0.326 e. The first-order valence-electron chi connectivity index (χ1n) is 9.81. The molecule has 2 N–H and O–H groups in total. The minimum Gasteiger partial charge on any atom is -0.326 e. The molecule has 31 heavy (non-hydrogen) atoms. The molecule has 0 fully saturated rings. The van der Waals surface area contributed by atoms with Crippen LogP contribution in [0.15, 0.2) is 65.8 Å². The fourth-order valence-corrected chi connectivity index (χ4v) is 4.24. The molecule has 0 spiro atoms. The Labute approximate surface area is 183 Å². The second-order valence-electron chi connectivity index (χ2n) is 7.14. The summed E-state index contributed by atoms with van der Waals surface area (Å²) in [6.07, 6.45) is 1.90. The molecule has 2 heterocycles. The minimum absolute atomic E-state index is 0.174. The highest BCUT2D eigenvalue weighted by atomic mass is 32.2. The summed E-state index contributed by atoms with van der Waals surface area (Å²) in [6.45, 7) is 2.35. The molecule has 0 aliphatic carbocycles. The number of pyridine rings is 1. The monoisotopic (exact) mass is 436 g/mol. The molecule has 4 rings (SSSR count). The molecule has 0 bridgehead atoms. The Morgan fingerprint density at radius 3 is 2.71 bits per heavy atom. The largest absolute Gasteiger partial charge is 0.326 e. The predicted octanol–water partition coefficient (Wildman–Crippen LogP) is 4.85. The molecule has 3 amide bonds. The van der Waals surface area contributed by atoms with Gasteiger partial charge < -0.3 is 10.6 Å². The number of nitrogens with one attached hydrogen (secondary N) is 2. The number of rotatable bonds is 4. The number of aryl methyl sites for hydroxylation is 1. The first-order chi connectivity index (χ1) is 15.0. The van der Waals surface area contributed by atoms with Gasteiger partial charge >= 0.3 is 6.03 Å². The number of amides is 3. The van der Waals surface area contributed by atoms with Crippen LogP contribution in [0.4, 0.5) is 26.2 Å². The number of carbonyl (C=O) groups is 2. The van der Waals surface area contributed by atoms with Gasteiger partial charge in [0.25, 0.3) is 0 Å². The van der Waals surface area contributed by atoms with Gasteiger partial charge in [-0.1, -0.05) is 12.1 Å². The summed E-state index contributed by atoms with van der Waals surface area (Å²) in [4.78, 5) is 31.1. The van der Waals surface area contributed by atoms with Gasteiger partial charge in [0.1, 0.15) is 10.8 Å². The van der Waals surface area contributed by atoms with Crippen molar-refractivity contribution in [1.82, 2.24) is 4.98 Å². The van der Waals surface area contributed by atoms with Gasteiger partial charge in [0.15, 0.2) is 0 Å². The number of hydrogen-bond donors (Lipinski definition) is 2. The quantitative estimate of drug-likeness (QED) is 0.613. The molecule has 0 saturated carbocycles. The second kappa shape index (κ2) is 9.18. The number of hydrogen-bond acceptors (Lipinski definition) is 4. The Morgan fingerprint density at radius 2 is 1.94 bits per heavy atom. The van der Waals surface area contributed by atoms with E-state index in [4.69, 9.17) is 0 Å². The third-order valence-electron chi connectivity index (χ3n) is 4.87. The van der Waals surface area contributed by atoms with E-state index in [0.29, 0.717) is 23.5 Å². The fraction of sp³-hybridized carbons (Fsp3) is 0.174. The Hall–Kier alpha value is -3.39. The first-order valence-corrected chi connectivity index (χ1v) is 10.8. The van der Waals surface area contributed by atoms with Crippen molar-refractivity contribution in [2.75, 3.05) is 27.8 Å². The molecular formula is C23H21FN4O2S. The number of urea groups is 1. The lowest BCUT2D eigenvalue weighted by Crippen LogP contribution is -2.38. The van der Waals surface area contributed by atoms with Crippen molar-refractivity contribution in [3.8, 4) is 0 Å². The van der Waals surface area contributed by atoms with E-state index in [0.717, 1.165) is 22.0 Å². The van der Waals surface area contributed by atoms with Crippen LogP contribution in [0.25, 0.3) is 0 Å². The lowest BCUT2D eigenvalue weighted by molar-refractivity contribution is -0.115. The zero-order valence-corrected chi connectivity index (χ0v) is 17.7. The molecule has 0 unspecified atom stereocenters. The Morgan fingerprint density at radius 1 is 1.13 bits per heavy atom. The topological polar surface area (TPSA) is 74.3 Å². The summed E-state index contributed by atoms with van der Waals surface area (Å²) in [6, 6.07) is 14.9. The molecule has 3 aromatic rings. The van der Waals surface area contributed by atoms with E-state index >= 15 is 0 Å². The van der Waals surface area contributed by atoms with Gasteiger partial charge in [-0.25, -0.2) is 14.2 Å². The van der Waals surface area contributed by atoms with Crippen LogP contribution in [0, 0.1) is 12.7 Å². The third kappa shape index (κ3) is 5.03. The average molecular weight is 437 g/mol. The number of nitrogens with zero attached hydrogens (tertiary/aromatic N) is 2. The van der Waals surface area contributed by atoms with Gasteiger partial charge in [-0.3, -0.25) is 9.69 Å². The molecule has 1 aliphatic rings. The fourth-order valence-electron chi connectivity index (χ4n) is 3.31. The van der Waals surface area contributed by atoms with E-state index in [1.54, 1.807) is 60.1 Å². The van der Waals surface area contributed by atoms with E-state index < -0.39 is 0 Å². The minimum atomic E-state index is -0.337. The highest BCUT2D eigenvalue weighted by molar-refractivity contribution is 7.99. The van der Waals surface area contributed by atoms with Crippen molar-refractivity contribution >= 4 is 40.8 Å². The molecule has 0 saturated heterocycles. The predicted molar refractivity (Wildman–Crippen MR) is 121 cm³/mol. The Bertz CT molecular complexity index is 1120. The molecule has 1 aromatic heterocycles. The van der Waals surface area contributed by atoms with Crippen LogP contribution in [0.3, 0.4) is 0 Å². The molecule has 0 radical (unpaired) electrons. The van der Waals surface area contributed by atoms with E-state index in [9.17, 15) is 14.0 Å². The molecular weight excluding hydrogens is 415 g/mol. The maximum atomic E-state index is 13.2. The van der Waals surface area contributed by atoms with Gasteiger partial charge in [0.2, 0.25) is 5.91 Å². The average Bonchev–Trinajstić information content (AvgIpc) is 2.76. The van der Waals surface area contributed by atoms with Crippen molar-refractivity contribution in [3.05, 3.63) is 77.7 Å². The summed E-state index contributed by atoms with van der Waals surface area (Å²) >= 11 is 1.64. The lowest BCUT2D eigenvalue weighted by Gasteiger charge is -2.28. The number of fused-ring (bicyclic) bond motifs is 1. The van der Waals surface area contributed by atoms with Gasteiger partial charge in [0.05, 0.1) is 12.1 Å². The van der Waals surface area contributed by atoms with E-state index in [1.807, 2.05) is 12.1 Å². The summed E-state index contributed by atoms with van der Waals surface area (Å²) in [7, 11) is 0. The smallest absolute Gasteiger partial charge is 0.326 e. The van der Waals surface area contributed by atoms with Crippen molar-refractivity contribution in [2.24, 2.45) is 0 Å². The van der Waals surface area contributed by atoms with Gasteiger partial charge in [-0.05, 0) is 60.5 Å². The third-order valence-corrected chi connectivity index (χ3v) is 5.85. The zero-order chi connectivity index (χ0) is 21.8. The highest BCUT2D eigenvalue weighted by Crippen LogP contribution is 2.32. The van der Waals surface area contributed by atoms with Crippen LogP contribution in [0.1, 0.15) is 11.1 Å². The number of benzene rings is 2. The van der Waals surface area contributed by atoms with Crippen molar-refractivity contribution in [3.63, 3.8) is 0 Å². The van der Waals surface area contributed by atoms with E-state index in [2.05, 4.69) is 15.6 Å². The summed E-state index contributed by atoms with van der Waals surface area (Å²) in [5.74, 6) is 0.261. The number of thioether (sulfide) groups is 1. The number of carbonyl (C=O) groups excluding carboxylic acids is 2. The maximum absolute atomic E-state index is 13.2. The van der Waals surface area contributed by atoms with E-state index in [-0.39, 0.29) is 24.2 Å². The van der Waals surface area contributed by atoms with Gasteiger partial charge in [0, 0.05) is 29.9 Å². The van der Waals surface area contributed by atoms with Gasteiger partial charge in [-0.2, -0.15) is 0 Å². The molecule has 1 aliphatic heterocycles. The Balaban J connectivity index is 1.36. The summed E-state index contributed by atoms with van der Waals surface area (Å²) < 4.78 is 13.2. The van der Waals surface area contributed by atoms with Crippen molar-refractivity contribution < 1.29 is 14.0 Å². The van der Waals surface area contributed by atoms with Crippen molar-refractivity contribution in [2.45, 2.75) is 18.4 Å². The summed E-state index contributed by atoms with van der Waals surface area (Å²) in [5.41, 5.74) is 3.51. The molecule has 6 nitrogen and oxygen atoms in total. The van der Waals surface area contributed by atoms with Crippen LogP contribution in [-0.4, -0.2) is 29.2 Å². The zero-order valence-electron chi connectivity index (χ0n) is 16.9. The van der Waals surface area contributed by atoms with Crippen LogP contribution < -0.4 is 15.5 Å². The molecule has 8 heteroatoms. The lowest BCUT2D eigenvalue weighted by atomic mass is 10.1. The van der Waals surface area contributed by atoms with Gasteiger partial charge in [-0.15, -0.1) is 11.8 Å². The molecule has 158 valence electrons. The van der Waals surface area contributed by atoms with Crippen LogP contribution in [-0.2, 0) is 11.2 Å². The SMILES string of the molecule is Cc1cc(F)ccc1NC(=O)Cc1ccc(NC(=O)N2CCSc3ncccc32)cc1. The highest BCUT2D eigenvalue weighted by Gasteiger charge is 2.23. The number of halogens is 1. The van der Waals surface area contributed by atoms with Crippen LogP contribution in [0.2, 0.25) is 0 Å². The normalized spacial score (nSPS) is 12.8. The second-order valence-corrected chi connectivity index (χ2v) is 8.22. The summed E-state index contributed by atoms with van der Waals surface area (Å²) in [5, 5.41) is 6.54. The van der Waals surface area contributed by atoms with Crippen LogP contribution in [0.5, 0.6) is 0 Å². The van der Waals surface area contributed by atoms with Crippen molar-refractivity contribution in [1.29, 1.82) is 0 Å². The standard InChI is InChI=1S/C23H21FN4O2S/c1-15-13-17(24)6-9-19(15)27-21(29)14-16-4-7-18(8-5-16)26-23(30)28-11-12-31-22-20(28)3-2-10-25-22/h2-10,13H,11-12,14H2,1H3,(H,26,30)(H,27,29). The number of aromatic nitrogens is 1.